The lowest BCUT2D eigenvalue weighted by atomic mass is 9.91. The van der Waals surface area contributed by atoms with Gasteiger partial charge in [-0.05, 0) is 48.7 Å². The van der Waals surface area contributed by atoms with Crippen molar-refractivity contribution in [3.05, 3.63) is 77.6 Å². The van der Waals surface area contributed by atoms with Crippen molar-refractivity contribution in [1.82, 2.24) is 15.2 Å². The summed E-state index contributed by atoms with van der Waals surface area (Å²) in [6.45, 7) is 3.72. The average molecular weight is 407 g/mol. The highest BCUT2D eigenvalue weighted by molar-refractivity contribution is 6.07. The minimum absolute atomic E-state index is 0.0879. The third kappa shape index (κ3) is 3.58. The van der Waals surface area contributed by atoms with E-state index in [1.165, 1.54) is 23.9 Å². The summed E-state index contributed by atoms with van der Waals surface area (Å²) >= 11 is 0. The smallest absolute Gasteiger partial charge is 0.325 e. The Labute approximate surface area is 173 Å². The second-order valence-electron chi connectivity index (χ2n) is 7.52. The summed E-state index contributed by atoms with van der Waals surface area (Å²) in [5.74, 6) is -0.0520. The number of hydrogen-bond acceptors (Lipinski definition) is 4. The minimum Gasteiger partial charge on any atom is -0.439 e. The number of urea groups is 1. The van der Waals surface area contributed by atoms with Crippen LogP contribution in [-0.2, 0) is 23.3 Å². The first-order valence-corrected chi connectivity index (χ1v) is 9.85. The zero-order valence-corrected chi connectivity index (χ0v) is 16.8. The van der Waals surface area contributed by atoms with E-state index in [0.29, 0.717) is 11.3 Å². The third-order valence-electron chi connectivity index (χ3n) is 5.32. The molecule has 7 heteroatoms. The number of oxazole rings is 1. The Morgan fingerprint density at radius 1 is 1.10 bits per heavy atom. The van der Waals surface area contributed by atoms with Gasteiger partial charge in [0.05, 0.1) is 6.20 Å². The molecule has 1 atom stereocenters. The first-order chi connectivity index (χ1) is 14.4. The Bertz CT molecular complexity index is 1080. The maximum absolute atomic E-state index is 13.1. The molecule has 1 fully saturated rings. The SMILES string of the molecule is CCCc1ccc([C@]2(C)NC(=O)N(Cc3ncc(-c4ccc(F)cc4)o3)C2=O)cc1. The maximum atomic E-state index is 13.1. The molecule has 3 aromatic rings. The third-order valence-corrected chi connectivity index (χ3v) is 5.32. The lowest BCUT2D eigenvalue weighted by Crippen LogP contribution is -2.40. The van der Waals surface area contributed by atoms with Gasteiger partial charge in [-0.2, -0.15) is 0 Å². The van der Waals surface area contributed by atoms with Crippen molar-refractivity contribution in [2.24, 2.45) is 0 Å². The summed E-state index contributed by atoms with van der Waals surface area (Å²) < 4.78 is 18.8. The summed E-state index contributed by atoms with van der Waals surface area (Å²) in [5, 5.41) is 2.79. The fourth-order valence-electron chi connectivity index (χ4n) is 3.60. The molecule has 1 N–H and O–H groups in total. The number of amides is 3. The number of nitrogens with zero attached hydrogens (tertiary/aromatic N) is 2. The Kier molecular flexibility index (Phi) is 5.11. The number of halogens is 1. The van der Waals surface area contributed by atoms with Gasteiger partial charge in [0.2, 0.25) is 5.89 Å². The van der Waals surface area contributed by atoms with Gasteiger partial charge in [-0.15, -0.1) is 0 Å². The van der Waals surface area contributed by atoms with E-state index in [0.717, 1.165) is 23.3 Å². The number of nitrogens with one attached hydrogen (secondary N) is 1. The second-order valence-corrected chi connectivity index (χ2v) is 7.52. The summed E-state index contributed by atoms with van der Waals surface area (Å²) in [6, 6.07) is 13.0. The lowest BCUT2D eigenvalue weighted by Gasteiger charge is -2.22. The molecule has 6 nitrogen and oxygen atoms in total. The fraction of sp³-hybridized carbons (Fsp3) is 0.261. The van der Waals surface area contributed by atoms with Crippen molar-refractivity contribution in [2.75, 3.05) is 0 Å². The number of carbonyl (C=O) groups excluding carboxylic acids is 2. The van der Waals surface area contributed by atoms with Gasteiger partial charge in [-0.1, -0.05) is 37.6 Å². The average Bonchev–Trinajstić information content (AvgIpc) is 3.29. The van der Waals surface area contributed by atoms with E-state index in [1.807, 2.05) is 24.3 Å². The molecule has 0 aliphatic carbocycles. The second kappa shape index (κ2) is 7.74. The summed E-state index contributed by atoms with van der Waals surface area (Å²) in [5.41, 5.74) is 1.42. The van der Waals surface area contributed by atoms with E-state index in [1.54, 1.807) is 19.1 Å². The zero-order valence-electron chi connectivity index (χ0n) is 16.8. The van der Waals surface area contributed by atoms with Crippen LogP contribution in [-0.4, -0.2) is 21.8 Å². The van der Waals surface area contributed by atoms with Crippen LogP contribution in [0, 0.1) is 5.82 Å². The van der Waals surface area contributed by atoms with Crippen LogP contribution in [0.1, 0.15) is 37.3 Å². The molecule has 0 saturated carbocycles. The summed E-state index contributed by atoms with van der Waals surface area (Å²) in [7, 11) is 0. The predicted molar refractivity (Wildman–Crippen MR) is 109 cm³/mol. The molecule has 4 rings (SSSR count). The van der Waals surface area contributed by atoms with Gasteiger partial charge in [0.15, 0.2) is 5.76 Å². The Balaban J connectivity index is 1.52. The van der Waals surface area contributed by atoms with Crippen LogP contribution in [0.2, 0.25) is 0 Å². The van der Waals surface area contributed by atoms with Crippen molar-refractivity contribution in [1.29, 1.82) is 0 Å². The van der Waals surface area contributed by atoms with Crippen molar-refractivity contribution in [3.63, 3.8) is 0 Å². The normalized spacial score (nSPS) is 18.7. The van der Waals surface area contributed by atoms with E-state index in [9.17, 15) is 14.0 Å². The van der Waals surface area contributed by atoms with Crippen LogP contribution in [0.4, 0.5) is 9.18 Å². The van der Waals surface area contributed by atoms with Crippen molar-refractivity contribution < 1.29 is 18.4 Å². The number of rotatable bonds is 6. The zero-order chi connectivity index (χ0) is 21.3. The van der Waals surface area contributed by atoms with Crippen LogP contribution in [0.5, 0.6) is 0 Å². The van der Waals surface area contributed by atoms with E-state index >= 15 is 0 Å². The van der Waals surface area contributed by atoms with Gasteiger partial charge in [-0.3, -0.25) is 9.69 Å². The lowest BCUT2D eigenvalue weighted by molar-refractivity contribution is -0.131. The Morgan fingerprint density at radius 3 is 2.47 bits per heavy atom. The fourth-order valence-corrected chi connectivity index (χ4v) is 3.60. The van der Waals surface area contributed by atoms with Crippen LogP contribution < -0.4 is 5.32 Å². The molecule has 0 radical (unpaired) electrons. The molecule has 0 bridgehead atoms. The quantitative estimate of drug-likeness (QED) is 0.615. The van der Waals surface area contributed by atoms with E-state index in [4.69, 9.17) is 4.42 Å². The van der Waals surface area contributed by atoms with Crippen LogP contribution in [0.15, 0.2) is 59.1 Å². The molecular formula is C23H22FN3O3. The number of aryl methyl sites for hydroxylation is 1. The molecule has 1 aromatic heterocycles. The molecule has 0 spiro atoms. The van der Waals surface area contributed by atoms with Gasteiger partial charge in [0, 0.05) is 5.56 Å². The van der Waals surface area contributed by atoms with Gasteiger partial charge in [0.25, 0.3) is 5.91 Å². The van der Waals surface area contributed by atoms with E-state index in [-0.39, 0.29) is 24.2 Å². The number of benzene rings is 2. The van der Waals surface area contributed by atoms with E-state index < -0.39 is 11.6 Å². The number of hydrogen-bond donors (Lipinski definition) is 1. The number of imide groups is 1. The molecule has 1 aliphatic rings. The van der Waals surface area contributed by atoms with E-state index in [2.05, 4.69) is 17.2 Å². The van der Waals surface area contributed by atoms with Crippen molar-refractivity contribution >= 4 is 11.9 Å². The number of carbonyl (C=O) groups is 2. The van der Waals surface area contributed by atoms with Crippen LogP contribution in [0.25, 0.3) is 11.3 Å². The van der Waals surface area contributed by atoms with Crippen LogP contribution in [0.3, 0.4) is 0 Å². The molecule has 2 aromatic carbocycles. The largest absolute Gasteiger partial charge is 0.439 e. The summed E-state index contributed by atoms with van der Waals surface area (Å²) in [6.07, 6.45) is 3.49. The Hall–Kier alpha value is -3.48. The highest BCUT2D eigenvalue weighted by atomic mass is 19.1. The van der Waals surface area contributed by atoms with Crippen molar-refractivity contribution in [2.45, 2.75) is 38.8 Å². The first-order valence-electron chi connectivity index (χ1n) is 9.85. The van der Waals surface area contributed by atoms with Gasteiger partial charge in [0.1, 0.15) is 17.9 Å². The molecule has 3 amide bonds. The highest BCUT2D eigenvalue weighted by Crippen LogP contribution is 2.30. The van der Waals surface area contributed by atoms with Crippen molar-refractivity contribution in [3.8, 4) is 11.3 Å². The standard InChI is InChI=1S/C23H22FN3O3/c1-3-4-15-5-9-17(10-6-15)23(2)21(28)27(22(29)26-23)14-20-25-13-19(30-20)16-7-11-18(24)12-8-16/h5-13H,3-4,14H2,1-2H3,(H,26,29)/t23-/m0/s1. The minimum atomic E-state index is -1.14. The maximum Gasteiger partial charge on any atom is 0.325 e. The highest BCUT2D eigenvalue weighted by Gasteiger charge is 2.49. The van der Waals surface area contributed by atoms with Crippen LogP contribution >= 0.6 is 0 Å². The molecule has 0 unspecified atom stereocenters. The molecule has 154 valence electrons. The molecule has 1 aliphatic heterocycles. The summed E-state index contributed by atoms with van der Waals surface area (Å²) in [4.78, 5) is 30.9. The molecule has 1 saturated heterocycles. The van der Waals surface area contributed by atoms with Gasteiger partial charge in [-0.25, -0.2) is 14.2 Å². The molecule has 30 heavy (non-hydrogen) atoms. The first kappa shape index (κ1) is 19.8. The predicted octanol–water partition coefficient (Wildman–Crippen LogP) is 4.40. The Morgan fingerprint density at radius 2 is 1.80 bits per heavy atom. The van der Waals surface area contributed by atoms with Gasteiger partial charge < -0.3 is 9.73 Å². The van der Waals surface area contributed by atoms with Gasteiger partial charge >= 0.3 is 6.03 Å². The monoisotopic (exact) mass is 407 g/mol. The number of aromatic nitrogens is 1. The topological polar surface area (TPSA) is 75.4 Å². The molecular weight excluding hydrogens is 385 g/mol. The molecule has 2 heterocycles.